The Balaban J connectivity index is 2.59. The SMILES string of the molecule is CCCOc1ccc(N(N)O[N+](=O)[O-])cc1. The zero-order chi connectivity index (χ0) is 12.0. The summed E-state index contributed by atoms with van der Waals surface area (Å²) in [6, 6.07) is 6.45. The molecule has 7 heteroatoms. The first-order chi connectivity index (χ1) is 7.63. The van der Waals surface area contributed by atoms with Crippen LogP contribution in [-0.4, -0.2) is 11.7 Å². The molecule has 0 atom stereocenters. The van der Waals surface area contributed by atoms with Crippen LogP contribution in [0.5, 0.6) is 5.75 Å². The molecule has 0 radical (unpaired) electrons. The molecule has 0 aliphatic rings. The van der Waals surface area contributed by atoms with E-state index in [-0.39, 0.29) is 0 Å². The minimum Gasteiger partial charge on any atom is -0.494 e. The second kappa shape index (κ2) is 5.76. The summed E-state index contributed by atoms with van der Waals surface area (Å²) in [4.78, 5) is 14.1. The number of nitrogens with zero attached hydrogens (tertiary/aromatic N) is 2. The fraction of sp³-hybridized carbons (Fsp3) is 0.333. The molecule has 0 amide bonds. The van der Waals surface area contributed by atoms with Gasteiger partial charge in [0.15, 0.2) is 0 Å². The van der Waals surface area contributed by atoms with Crippen LogP contribution in [0.4, 0.5) is 5.69 Å². The Hall–Kier alpha value is -2.02. The number of rotatable bonds is 6. The largest absolute Gasteiger partial charge is 0.494 e. The van der Waals surface area contributed by atoms with Gasteiger partial charge in [0.05, 0.1) is 12.3 Å². The highest BCUT2D eigenvalue weighted by atomic mass is 17.0. The van der Waals surface area contributed by atoms with E-state index in [1.807, 2.05) is 6.92 Å². The van der Waals surface area contributed by atoms with E-state index in [1.165, 1.54) is 0 Å². The smallest absolute Gasteiger partial charge is 0.318 e. The molecule has 0 fully saturated rings. The average Bonchev–Trinajstić information content (AvgIpc) is 2.26. The quantitative estimate of drug-likeness (QED) is 0.447. The summed E-state index contributed by atoms with van der Waals surface area (Å²) >= 11 is 0. The lowest BCUT2D eigenvalue weighted by atomic mass is 10.3. The molecule has 2 N–H and O–H groups in total. The van der Waals surface area contributed by atoms with Gasteiger partial charge in [0, 0.05) is 0 Å². The average molecular weight is 227 g/mol. The van der Waals surface area contributed by atoms with E-state index in [4.69, 9.17) is 10.6 Å². The molecule has 0 spiro atoms. The second-order valence-electron chi connectivity index (χ2n) is 2.97. The van der Waals surface area contributed by atoms with Crippen LogP contribution in [0.3, 0.4) is 0 Å². The zero-order valence-corrected chi connectivity index (χ0v) is 8.83. The third kappa shape index (κ3) is 3.62. The normalized spacial score (nSPS) is 9.62. The van der Waals surface area contributed by atoms with Crippen molar-refractivity contribution in [2.24, 2.45) is 5.84 Å². The summed E-state index contributed by atoms with van der Waals surface area (Å²) in [5.74, 6) is 5.96. The van der Waals surface area contributed by atoms with Gasteiger partial charge < -0.3 is 4.74 Å². The van der Waals surface area contributed by atoms with Crippen LogP contribution in [0.1, 0.15) is 13.3 Å². The molecule has 1 aromatic rings. The van der Waals surface area contributed by atoms with E-state index < -0.39 is 5.09 Å². The molecule has 88 valence electrons. The van der Waals surface area contributed by atoms with Crippen molar-refractivity contribution >= 4 is 5.69 Å². The van der Waals surface area contributed by atoms with Crippen molar-refractivity contribution in [2.45, 2.75) is 13.3 Å². The molecular weight excluding hydrogens is 214 g/mol. The topological polar surface area (TPSA) is 90.9 Å². The third-order valence-corrected chi connectivity index (χ3v) is 1.72. The van der Waals surface area contributed by atoms with Crippen LogP contribution in [-0.2, 0) is 4.94 Å². The molecule has 1 aromatic carbocycles. The molecule has 0 bridgehead atoms. The predicted octanol–water partition coefficient (Wildman–Crippen LogP) is 1.28. The summed E-state index contributed by atoms with van der Waals surface area (Å²) in [7, 11) is 0. The van der Waals surface area contributed by atoms with Gasteiger partial charge in [0.1, 0.15) is 5.75 Å². The zero-order valence-electron chi connectivity index (χ0n) is 8.83. The fourth-order valence-electron chi connectivity index (χ4n) is 1.03. The molecule has 16 heavy (non-hydrogen) atoms. The van der Waals surface area contributed by atoms with Crippen LogP contribution in [0.15, 0.2) is 24.3 Å². The maximum Gasteiger partial charge on any atom is 0.318 e. The maximum absolute atomic E-state index is 10.0. The van der Waals surface area contributed by atoms with Gasteiger partial charge >= 0.3 is 5.09 Å². The van der Waals surface area contributed by atoms with Crippen molar-refractivity contribution < 1.29 is 14.8 Å². The minimum atomic E-state index is -0.985. The standard InChI is InChI=1S/C9H13N3O4/c1-2-7-15-9-5-3-8(4-6-9)11(10)16-12(13)14/h3-6H,2,7,10H2,1H3. The summed E-state index contributed by atoms with van der Waals surface area (Å²) in [6.45, 7) is 2.62. The highest BCUT2D eigenvalue weighted by Crippen LogP contribution is 2.17. The monoisotopic (exact) mass is 227 g/mol. The van der Waals surface area contributed by atoms with E-state index in [2.05, 4.69) is 4.94 Å². The number of hydrazine groups is 1. The Morgan fingerprint density at radius 2 is 2.06 bits per heavy atom. The fourth-order valence-corrected chi connectivity index (χ4v) is 1.03. The number of hydrogen-bond acceptors (Lipinski definition) is 6. The van der Waals surface area contributed by atoms with Crippen LogP contribution >= 0.6 is 0 Å². The van der Waals surface area contributed by atoms with Gasteiger partial charge in [-0.3, -0.25) is 0 Å². The molecule has 0 saturated heterocycles. The Morgan fingerprint density at radius 3 is 2.56 bits per heavy atom. The summed E-state index contributed by atoms with van der Waals surface area (Å²) in [5, 5.41) is 9.62. The van der Waals surface area contributed by atoms with Gasteiger partial charge in [-0.2, -0.15) is 4.94 Å². The summed E-state index contributed by atoms with van der Waals surface area (Å²) in [5.41, 5.74) is 0.362. The number of benzene rings is 1. The van der Waals surface area contributed by atoms with Crippen molar-refractivity contribution in [1.82, 2.24) is 0 Å². The predicted molar refractivity (Wildman–Crippen MR) is 57.0 cm³/mol. The van der Waals surface area contributed by atoms with E-state index in [1.54, 1.807) is 24.3 Å². The maximum atomic E-state index is 10.0. The molecule has 1 rings (SSSR count). The van der Waals surface area contributed by atoms with Crippen LogP contribution in [0.2, 0.25) is 0 Å². The molecule has 0 unspecified atom stereocenters. The third-order valence-electron chi connectivity index (χ3n) is 1.72. The Bertz CT molecular complexity index is 341. The van der Waals surface area contributed by atoms with Crippen molar-refractivity contribution in [3.63, 3.8) is 0 Å². The minimum absolute atomic E-state index is 0.362. The summed E-state index contributed by atoms with van der Waals surface area (Å²) < 4.78 is 5.34. The highest BCUT2D eigenvalue weighted by molar-refractivity contribution is 5.45. The van der Waals surface area contributed by atoms with Gasteiger partial charge in [-0.1, -0.05) is 6.92 Å². The van der Waals surface area contributed by atoms with E-state index in [0.29, 0.717) is 23.2 Å². The first kappa shape index (κ1) is 12.1. The van der Waals surface area contributed by atoms with Crippen LogP contribution in [0.25, 0.3) is 0 Å². The number of anilines is 1. The number of hydrogen-bond donors (Lipinski definition) is 1. The van der Waals surface area contributed by atoms with Gasteiger partial charge in [-0.05, 0) is 30.7 Å². The lowest BCUT2D eigenvalue weighted by Gasteiger charge is -2.14. The highest BCUT2D eigenvalue weighted by Gasteiger charge is 2.05. The second-order valence-corrected chi connectivity index (χ2v) is 2.97. The van der Waals surface area contributed by atoms with Gasteiger partial charge in [-0.15, -0.1) is 15.3 Å². The Morgan fingerprint density at radius 1 is 1.44 bits per heavy atom. The number of nitrogens with two attached hydrogens (primary N) is 1. The Kier molecular flexibility index (Phi) is 4.34. The van der Waals surface area contributed by atoms with E-state index in [0.717, 1.165) is 6.42 Å². The first-order valence-electron chi connectivity index (χ1n) is 4.73. The van der Waals surface area contributed by atoms with Gasteiger partial charge in [0.25, 0.3) is 0 Å². The Labute approximate surface area is 92.4 Å². The van der Waals surface area contributed by atoms with Crippen LogP contribution < -0.4 is 15.8 Å². The lowest BCUT2D eigenvalue weighted by molar-refractivity contribution is -0.762. The van der Waals surface area contributed by atoms with Crippen molar-refractivity contribution in [2.75, 3.05) is 11.8 Å². The molecule has 0 saturated carbocycles. The lowest BCUT2D eigenvalue weighted by Crippen LogP contribution is -2.33. The molecule has 7 nitrogen and oxygen atoms in total. The van der Waals surface area contributed by atoms with Crippen molar-refractivity contribution in [3.05, 3.63) is 34.4 Å². The van der Waals surface area contributed by atoms with Gasteiger partial charge in [-0.25, -0.2) is 5.84 Å². The van der Waals surface area contributed by atoms with Crippen molar-refractivity contribution in [3.8, 4) is 5.75 Å². The van der Waals surface area contributed by atoms with E-state index >= 15 is 0 Å². The first-order valence-corrected chi connectivity index (χ1v) is 4.73. The molecule has 0 aliphatic carbocycles. The molecule has 0 aromatic heterocycles. The van der Waals surface area contributed by atoms with Crippen LogP contribution in [0, 0.1) is 10.1 Å². The molecule has 0 aliphatic heterocycles. The molecular formula is C9H13N3O4. The number of ether oxygens (including phenoxy) is 1. The van der Waals surface area contributed by atoms with Crippen molar-refractivity contribution in [1.29, 1.82) is 0 Å². The summed E-state index contributed by atoms with van der Waals surface area (Å²) in [6.07, 6.45) is 0.912. The van der Waals surface area contributed by atoms with E-state index in [9.17, 15) is 10.1 Å². The van der Waals surface area contributed by atoms with Gasteiger partial charge in [0.2, 0.25) is 0 Å². The molecule has 0 heterocycles.